The Kier molecular flexibility index (Phi) is 5.55. The van der Waals surface area contributed by atoms with Crippen molar-refractivity contribution in [2.45, 2.75) is 0 Å². The predicted octanol–water partition coefficient (Wildman–Crippen LogP) is -0.856. The van der Waals surface area contributed by atoms with Gasteiger partial charge < -0.3 is 24.8 Å². The summed E-state index contributed by atoms with van der Waals surface area (Å²) in [5, 5.41) is 6.44. The first-order chi connectivity index (χ1) is 11.5. The van der Waals surface area contributed by atoms with Crippen LogP contribution in [0.25, 0.3) is 0 Å². The van der Waals surface area contributed by atoms with Crippen molar-refractivity contribution in [3.8, 4) is 11.5 Å². The summed E-state index contributed by atoms with van der Waals surface area (Å²) in [5.41, 5.74) is 0.282. The van der Waals surface area contributed by atoms with E-state index in [-0.39, 0.29) is 12.4 Å². The maximum absolute atomic E-state index is 11.9. The number of carbonyl (C=O) groups excluding carboxylic acids is 4. The van der Waals surface area contributed by atoms with Gasteiger partial charge in [0.05, 0.1) is 0 Å². The number of benzene rings is 1. The first-order valence-electron chi connectivity index (χ1n) is 6.84. The van der Waals surface area contributed by atoms with Crippen molar-refractivity contribution in [1.29, 1.82) is 0 Å². The fourth-order valence-electron chi connectivity index (χ4n) is 1.71. The van der Waals surface area contributed by atoms with Crippen molar-refractivity contribution >= 4 is 23.8 Å². The van der Waals surface area contributed by atoms with Crippen LogP contribution in [0.3, 0.4) is 0 Å². The monoisotopic (exact) mass is 337 g/mol. The van der Waals surface area contributed by atoms with Crippen LogP contribution in [0.5, 0.6) is 11.5 Å². The summed E-state index contributed by atoms with van der Waals surface area (Å²) < 4.78 is 14.9. The molecular formula is C14H15N3O7. The molecule has 0 fully saturated rings. The number of esters is 1. The Labute approximate surface area is 136 Å². The molecule has 4 amide bonds. The van der Waals surface area contributed by atoms with Gasteiger partial charge in [0, 0.05) is 12.6 Å². The zero-order valence-corrected chi connectivity index (χ0v) is 12.7. The van der Waals surface area contributed by atoms with Crippen LogP contribution in [0, 0.1) is 0 Å². The molecule has 0 bridgehead atoms. The molecule has 0 radical (unpaired) electrons. The average molecular weight is 337 g/mol. The van der Waals surface area contributed by atoms with Gasteiger partial charge in [0.2, 0.25) is 6.79 Å². The fraction of sp³-hybridized carbons (Fsp3) is 0.286. The van der Waals surface area contributed by atoms with Crippen LogP contribution < -0.4 is 25.4 Å². The molecule has 24 heavy (non-hydrogen) atoms. The van der Waals surface area contributed by atoms with Crippen LogP contribution in [-0.4, -0.2) is 50.8 Å². The largest absolute Gasteiger partial charge is 0.454 e. The maximum Gasteiger partial charge on any atom is 0.325 e. The number of hydrogen-bond donors (Lipinski definition) is 3. The van der Waals surface area contributed by atoms with Crippen LogP contribution in [0.4, 0.5) is 4.79 Å². The summed E-state index contributed by atoms with van der Waals surface area (Å²) >= 11 is 0. The number of imide groups is 1. The fourth-order valence-corrected chi connectivity index (χ4v) is 1.71. The van der Waals surface area contributed by atoms with Crippen molar-refractivity contribution in [3.05, 3.63) is 23.8 Å². The average Bonchev–Trinajstić information content (AvgIpc) is 3.05. The SMILES string of the molecule is CNC(=O)NC(=O)COC(=O)CNC(=O)c1ccc2c(c1)OCO2. The molecule has 0 aromatic heterocycles. The molecule has 10 nitrogen and oxygen atoms in total. The van der Waals surface area contributed by atoms with E-state index in [0.717, 1.165) is 0 Å². The normalized spacial score (nSPS) is 11.4. The van der Waals surface area contributed by atoms with Crippen molar-refractivity contribution in [2.75, 3.05) is 27.0 Å². The molecule has 0 atom stereocenters. The minimum atomic E-state index is -0.823. The molecule has 1 aliphatic rings. The smallest absolute Gasteiger partial charge is 0.325 e. The Balaban J connectivity index is 1.74. The van der Waals surface area contributed by atoms with Gasteiger partial charge in [-0.2, -0.15) is 0 Å². The second-order valence-electron chi connectivity index (χ2n) is 4.54. The molecule has 3 N–H and O–H groups in total. The van der Waals surface area contributed by atoms with Crippen LogP contribution >= 0.6 is 0 Å². The lowest BCUT2D eigenvalue weighted by atomic mass is 10.2. The molecule has 0 unspecified atom stereocenters. The highest BCUT2D eigenvalue weighted by atomic mass is 16.7. The Morgan fingerprint density at radius 1 is 1.17 bits per heavy atom. The van der Waals surface area contributed by atoms with Gasteiger partial charge in [-0.1, -0.05) is 0 Å². The van der Waals surface area contributed by atoms with Crippen molar-refractivity contribution in [3.63, 3.8) is 0 Å². The zero-order valence-electron chi connectivity index (χ0n) is 12.7. The van der Waals surface area contributed by atoms with Gasteiger partial charge in [-0.3, -0.25) is 19.7 Å². The number of hydrogen-bond acceptors (Lipinski definition) is 7. The molecular weight excluding hydrogens is 322 g/mol. The Morgan fingerprint density at radius 3 is 2.67 bits per heavy atom. The van der Waals surface area contributed by atoms with E-state index in [9.17, 15) is 19.2 Å². The van der Waals surface area contributed by atoms with Gasteiger partial charge in [0.15, 0.2) is 18.1 Å². The second-order valence-corrected chi connectivity index (χ2v) is 4.54. The molecule has 128 valence electrons. The van der Waals surface area contributed by atoms with Crippen LogP contribution in [0.15, 0.2) is 18.2 Å². The standard InChI is InChI=1S/C14H15N3O7/c1-15-14(21)17-11(18)6-22-12(19)5-16-13(20)8-2-3-9-10(4-8)24-7-23-9/h2-4H,5-7H2,1H3,(H,16,20)(H2,15,17,18,21). The molecule has 1 aromatic rings. The minimum Gasteiger partial charge on any atom is -0.454 e. The van der Waals surface area contributed by atoms with E-state index in [0.29, 0.717) is 11.5 Å². The third kappa shape index (κ3) is 4.60. The summed E-state index contributed by atoms with van der Waals surface area (Å²) in [7, 11) is 1.33. The maximum atomic E-state index is 11.9. The van der Waals surface area contributed by atoms with E-state index in [2.05, 4.69) is 15.4 Å². The van der Waals surface area contributed by atoms with Crippen LogP contribution in [-0.2, 0) is 14.3 Å². The lowest BCUT2D eigenvalue weighted by Gasteiger charge is -2.07. The molecule has 0 aliphatic carbocycles. The molecule has 0 saturated carbocycles. The van der Waals surface area contributed by atoms with Crippen molar-refractivity contribution in [2.24, 2.45) is 0 Å². The summed E-state index contributed by atoms with van der Waals surface area (Å²) in [6.45, 7) is -0.975. The quantitative estimate of drug-likeness (QED) is 0.596. The van der Waals surface area contributed by atoms with Gasteiger partial charge in [0.1, 0.15) is 6.54 Å². The van der Waals surface area contributed by atoms with Gasteiger partial charge in [0.25, 0.3) is 11.8 Å². The van der Waals surface area contributed by atoms with Gasteiger partial charge in [-0.05, 0) is 18.2 Å². The molecule has 10 heteroatoms. The predicted molar refractivity (Wildman–Crippen MR) is 78.5 cm³/mol. The molecule has 1 aromatic carbocycles. The van der Waals surface area contributed by atoms with Crippen LogP contribution in [0.2, 0.25) is 0 Å². The number of ether oxygens (including phenoxy) is 3. The van der Waals surface area contributed by atoms with E-state index in [4.69, 9.17) is 9.47 Å². The number of carbonyl (C=O) groups is 4. The topological polar surface area (TPSA) is 132 Å². The number of rotatable bonds is 5. The highest BCUT2D eigenvalue weighted by Crippen LogP contribution is 2.32. The highest BCUT2D eigenvalue weighted by Gasteiger charge is 2.17. The first kappa shape index (κ1) is 17.1. The lowest BCUT2D eigenvalue weighted by molar-refractivity contribution is -0.147. The summed E-state index contributed by atoms with van der Waals surface area (Å²) in [4.78, 5) is 45.5. The Morgan fingerprint density at radius 2 is 1.92 bits per heavy atom. The Hall–Kier alpha value is -3.30. The second kappa shape index (κ2) is 7.81. The third-order valence-corrected chi connectivity index (χ3v) is 2.87. The first-order valence-corrected chi connectivity index (χ1v) is 6.84. The van der Waals surface area contributed by atoms with Crippen molar-refractivity contribution < 1.29 is 33.4 Å². The van der Waals surface area contributed by atoms with E-state index < -0.39 is 37.0 Å². The van der Waals surface area contributed by atoms with Gasteiger partial charge >= 0.3 is 12.0 Å². The number of amides is 4. The molecule has 0 spiro atoms. The lowest BCUT2D eigenvalue weighted by Crippen LogP contribution is -2.40. The minimum absolute atomic E-state index is 0.0881. The summed E-state index contributed by atoms with van der Waals surface area (Å²) in [6, 6.07) is 3.87. The number of fused-ring (bicyclic) bond motifs is 1. The molecule has 1 aliphatic heterocycles. The van der Waals surface area contributed by atoms with Gasteiger partial charge in [-0.15, -0.1) is 0 Å². The molecule has 1 heterocycles. The summed E-state index contributed by atoms with van der Waals surface area (Å²) in [5.74, 6) is -1.15. The van der Waals surface area contributed by atoms with E-state index in [1.165, 1.54) is 19.2 Å². The summed E-state index contributed by atoms with van der Waals surface area (Å²) in [6.07, 6.45) is 0. The molecule has 2 rings (SSSR count). The number of urea groups is 1. The number of nitrogens with one attached hydrogen (secondary N) is 3. The molecule has 0 saturated heterocycles. The van der Waals surface area contributed by atoms with Crippen molar-refractivity contribution in [1.82, 2.24) is 16.0 Å². The Bertz CT molecular complexity index is 674. The third-order valence-electron chi connectivity index (χ3n) is 2.87. The van der Waals surface area contributed by atoms with E-state index in [1.54, 1.807) is 6.07 Å². The highest BCUT2D eigenvalue weighted by molar-refractivity contribution is 5.97. The van der Waals surface area contributed by atoms with Crippen LogP contribution in [0.1, 0.15) is 10.4 Å². The van der Waals surface area contributed by atoms with E-state index in [1.807, 2.05) is 5.32 Å². The van der Waals surface area contributed by atoms with Gasteiger partial charge in [-0.25, -0.2) is 4.79 Å². The van der Waals surface area contributed by atoms with E-state index >= 15 is 0 Å². The zero-order chi connectivity index (χ0) is 17.5.